The molecule has 1 aromatic heterocycles. The maximum atomic E-state index is 12.7. The van der Waals surface area contributed by atoms with Crippen molar-refractivity contribution in [2.45, 2.75) is 0 Å². The molecule has 8 nitrogen and oxygen atoms in total. The third kappa shape index (κ3) is 4.62. The van der Waals surface area contributed by atoms with Crippen LogP contribution in [0.25, 0.3) is 17.8 Å². The van der Waals surface area contributed by atoms with Crippen LogP contribution in [-0.2, 0) is 4.79 Å². The summed E-state index contributed by atoms with van der Waals surface area (Å²) in [6.45, 7) is 4.13. The van der Waals surface area contributed by atoms with Crippen molar-refractivity contribution in [2.75, 3.05) is 43.4 Å². The molecule has 1 fully saturated rings. The zero-order valence-corrected chi connectivity index (χ0v) is 18.9. The number of imide groups is 1. The van der Waals surface area contributed by atoms with E-state index in [4.69, 9.17) is 0 Å². The molecule has 8 heteroatoms. The lowest BCUT2D eigenvalue weighted by Crippen LogP contribution is -2.44. The quantitative estimate of drug-likeness (QED) is 0.456. The number of hydrogen-bond donors (Lipinski definition) is 2. The van der Waals surface area contributed by atoms with E-state index in [1.165, 1.54) is 5.69 Å². The fourth-order valence-electron chi connectivity index (χ4n) is 4.11. The van der Waals surface area contributed by atoms with Gasteiger partial charge in [0.15, 0.2) is 0 Å². The predicted molar refractivity (Wildman–Crippen MR) is 134 cm³/mol. The van der Waals surface area contributed by atoms with Gasteiger partial charge in [-0.15, -0.1) is 0 Å². The van der Waals surface area contributed by atoms with Crippen LogP contribution >= 0.6 is 0 Å². The van der Waals surface area contributed by atoms with Crippen molar-refractivity contribution in [3.8, 4) is 0 Å². The van der Waals surface area contributed by atoms with Gasteiger partial charge in [0, 0.05) is 73.5 Å². The van der Waals surface area contributed by atoms with Gasteiger partial charge in [-0.1, -0.05) is 6.07 Å². The first-order valence-electron chi connectivity index (χ1n) is 11.2. The van der Waals surface area contributed by atoms with Crippen LogP contribution in [0.15, 0.2) is 67.4 Å². The molecule has 0 atom stereocenters. The summed E-state index contributed by atoms with van der Waals surface area (Å²) in [5.74, 6) is -0.811. The third-order valence-electron chi connectivity index (χ3n) is 6.13. The normalized spacial score (nSPS) is 17.8. The monoisotopic (exact) mass is 454 g/mol. The zero-order chi connectivity index (χ0) is 23.5. The first kappa shape index (κ1) is 21.7. The van der Waals surface area contributed by atoms with E-state index in [0.717, 1.165) is 37.4 Å². The Bertz CT molecular complexity index is 1250. The van der Waals surface area contributed by atoms with E-state index in [1.807, 2.05) is 47.3 Å². The lowest BCUT2D eigenvalue weighted by Gasteiger charge is -2.34. The van der Waals surface area contributed by atoms with E-state index in [0.29, 0.717) is 16.7 Å². The molecule has 172 valence electrons. The summed E-state index contributed by atoms with van der Waals surface area (Å²) in [5.41, 5.74) is 4.41. The van der Waals surface area contributed by atoms with Gasteiger partial charge in [-0.2, -0.15) is 0 Å². The van der Waals surface area contributed by atoms with Crippen molar-refractivity contribution >= 4 is 41.0 Å². The predicted octanol–water partition coefficient (Wildman–Crippen LogP) is 2.99. The Morgan fingerprint density at radius 3 is 2.50 bits per heavy atom. The summed E-state index contributed by atoms with van der Waals surface area (Å²) in [6, 6.07) is 13.6. The first-order chi connectivity index (χ1) is 16.6. The lowest BCUT2D eigenvalue weighted by molar-refractivity contribution is -0.114. The highest BCUT2D eigenvalue weighted by Crippen LogP contribution is 2.27. The highest BCUT2D eigenvalue weighted by Gasteiger charge is 2.27. The minimum Gasteiger partial charge on any atom is -0.369 e. The molecule has 3 aromatic rings. The van der Waals surface area contributed by atoms with E-state index < -0.39 is 5.91 Å². The second-order valence-electron chi connectivity index (χ2n) is 8.45. The molecule has 0 radical (unpaired) electrons. The molecular formula is C26H26N6O2. The number of amides is 2. The third-order valence-corrected chi connectivity index (χ3v) is 6.13. The Kier molecular flexibility index (Phi) is 5.97. The molecule has 3 heterocycles. The second-order valence-corrected chi connectivity index (χ2v) is 8.45. The number of aromatic nitrogens is 2. The number of benzene rings is 2. The number of rotatable bonds is 5. The van der Waals surface area contributed by atoms with Crippen LogP contribution in [-0.4, -0.2) is 59.5 Å². The number of piperazine rings is 1. The summed E-state index contributed by atoms with van der Waals surface area (Å²) < 4.78 is 1.82. The number of fused-ring (bicyclic) bond motifs is 1. The van der Waals surface area contributed by atoms with Crippen LogP contribution in [0.5, 0.6) is 0 Å². The van der Waals surface area contributed by atoms with Crippen LogP contribution in [0.3, 0.4) is 0 Å². The Balaban J connectivity index is 1.36. The number of hydrogen-bond acceptors (Lipinski definition) is 6. The maximum absolute atomic E-state index is 12.7. The number of carbonyl (C=O) groups is 2. The fourth-order valence-corrected chi connectivity index (χ4v) is 4.11. The molecule has 1 saturated heterocycles. The molecule has 2 aliphatic rings. The molecule has 0 bridgehead atoms. The van der Waals surface area contributed by atoms with E-state index in [-0.39, 0.29) is 5.91 Å². The number of likely N-dealkylation sites (N-methyl/N-ethyl adjacent to an activating group) is 1. The first-order valence-corrected chi connectivity index (χ1v) is 11.2. The molecule has 0 aliphatic carbocycles. The molecule has 2 N–H and O–H groups in total. The molecule has 2 aromatic carbocycles. The topological polar surface area (TPSA) is 82.5 Å². The molecule has 0 spiro atoms. The standard InChI is InChI=1S/C26H26N6O2/c1-30-12-14-32(15-13-30)21-5-3-20(4-6-21)28-17-24-23-16-19(8-10-31-11-9-27-18-31)2-7-22(23)25(33)29-26(24)34/h2-11,16-18,28H,12-15H2,1H3,(H,29,33,34)/b10-8+,24-17-. The van der Waals surface area contributed by atoms with Gasteiger partial charge in [-0.3, -0.25) is 14.9 Å². The van der Waals surface area contributed by atoms with E-state index in [2.05, 4.69) is 44.6 Å². The average Bonchev–Trinajstić information content (AvgIpc) is 3.37. The molecule has 2 amide bonds. The zero-order valence-electron chi connectivity index (χ0n) is 18.9. The molecule has 2 aliphatic heterocycles. The van der Waals surface area contributed by atoms with Gasteiger partial charge >= 0.3 is 0 Å². The highest BCUT2D eigenvalue weighted by molar-refractivity contribution is 6.31. The van der Waals surface area contributed by atoms with Crippen molar-refractivity contribution in [2.24, 2.45) is 0 Å². The SMILES string of the molecule is CN1CCN(c2ccc(N/C=C3\C(=O)NC(=O)c4ccc(/C=C/n5ccnc5)cc43)cc2)CC1. The number of carbonyl (C=O) groups excluding carboxylic acids is 2. The van der Waals surface area contributed by atoms with Gasteiger partial charge < -0.3 is 19.7 Å². The van der Waals surface area contributed by atoms with Gasteiger partial charge in [0.1, 0.15) is 0 Å². The number of nitrogens with one attached hydrogen (secondary N) is 2. The van der Waals surface area contributed by atoms with Crippen molar-refractivity contribution in [1.82, 2.24) is 19.8 Å². The largest absolute Gasteiger partial charge is 0.369 e. The Morgan fingerprint density at radius 2 is 1.76 bits per heavy atom. The van der Waals surface area contributed by atoms with Crippen LogP contribution in [0.1, 0.15) is 21.5 Å². The molecule has 5 rings (SSSR count). The lowest BCUT2D eigenvalue weighted by atomic mass is 9.93. The van der Waals surface area contributed by atoms with Gasteiger partial charge in [-0.05, 0) is 55.1 Å². The van der Waals surface area contributed by atoms with Crippen molar-refractivity contribution < 1.29 is 9.59 Å². The molecule has 34 heavy (non-hydrogen) atoms. The number of nitrogens with zero attached hydrogens (tertiary/aromatic N) is 4. The van der Waals surface area contributed by atoms with Crippen LogP contribution < -0.4 is 15.5 Å². The highest BCUT2D eigenvalue weighted by atomic mass is 16.2. The van der Waals surface area contributed by atoms with Crippen molar-refractivity contribution in [3.05, 3.63) is 84.1 Å². The average molecular weight is 455 g/mol. The Labute approximate surface area is 198 Å². The van der Waals surface area contributed by atoms with Crippen LogP contribution in [0.4, 0.5) is 11.4 Å². The van der Waals surface area contributed by atoms with Gasteiger partial charge in [-0.25, -0.2) is 4.98 Å². The smallest absolute Gasteiger partial charge is 0.260 e. The molecule has 0 unspecified atom stereocenters. The second kappa shape index (κ2) is 9.36. The summed E-state index contributed by atoms with van der Waals surface area (Å²) in [4.78, 5) is 33.7. The van der Waals surface area contributed by atoms with Crippen LogP contribution in [0.2, 0.25) is 0 Å². The minimum absolute atomic E-state index is 0.390. The summed E-state index contributed by atoms with van der Waals surface area (Å²) in [7, 11) is 2.14. The van der Waals surface area contributed by atoms with Crippen molar-refractivity contribution in [1.29, 1.82) is 0 Å². The molecule has 0 saturated carbocycles. The summed E-state index contributed by atoms with van der Waals surface area (Å²) in [6.07, 6.45) is 10.6. The fraction of sp³-hybridized carbons (Fsp3) is 0.192. The minimum atomic E-state index is -0.421. The van der Waals surface area contributed by atoms with E-state index in [9.17, 15) is 9.59 Å². The Hall–Kier alpha value is -4.17. The summed E-state index contributed by atoms with van der Waals surface area (Å²) in [5, 5.41) is 5.64. The van der Waals surface area contributed by atoms with Gasteiger partial charge in [0.2, 0.25) is 0 Å². The van der Waals surface area contributed by atoms with Crippen molar-refractivity contribution in [3.63, 3.8) is 0 Å². The van der Waals surface area contributed by atoms with Gasteiger partial charge in [0.25, 0.3) is 11.8 Å². The molecular weight excluding hydrogens is 428 g/mol. The van der Waals surface area contributed by atoms with E-state index in [1.54, 1.807) is 24.8 Å². The van der Waals surface area contributed by atoms with Crippen LogP contribution in [0, 0.1) is 0 Å². The van der Waals surface area contributed by atoms with E-state index >= 15 is 0 Å². The number of anilines is 2. The maximum Gasteiger partial charge on any atom is 0.260 e. The van der Waals surface area contributed by atoms with Gasteiger partial charge in [0.05, 0.1) is 11.9 Å². The summed E-state index contributed by atoms with van der Waals surface area (Å²) >= 11 is 0. The Morgan fingerprint density at radius 1 is 0.971 bits per heavy atom. The number of imidazole rings is 1.